The van der Waals surface area contributed by atoms with Crippen LogP contribution in [0.4, 0.5) is 0 Å². The standard InChI is InChI=1S/C19H28N2O/c20-17-10-6-7-15(13-17)18(22)21-14-19(11-4-5-12-19)16-8-2-1-3-9-16/h1-3,8-9,15,17H,4-7,10-14,20H2,(H,21,22). The van der Waals surface area contributed by atoms with Crippen LogP contribution in [0.3, 0.4) is 0 Å². The summed E-state index contributed by atoms with van der Waals surface area (Å²) in [6.45, 7) is 0.779. The van der Waals surface area contributed by atoms with Crippen molar-refractivity contribution in [1.82, 2.24) is 5.32 Å². The summed E-state index contributed by atoms with van der Waals surface area (Å²) in [6, 6.07) is 10.9. The van der Waals surface area contributed by atoms with E-state index in [0.29, 0.717) is 0 Å². The molecule has 0 aliphatic heterocycles. The van der Waals surface area contributed by atoms with Crippen LogP contribution in [0.5, 0.6) is 0 Å². The maximum Gasteiger partial charge on any atom is 0.223 e. The Kier molecular flexibility index (Phi) is 4.82. The van der Waals surface area contributed by atoms with E-state index in [2.05, 4.69) is 35.6 Å². The predicted molar refractivity (Wildman–Crippen MR) is 89.5 cm³/mol. The summed E-state index contributed by atoms with van der Waals surface area (Å²) < 4.78 is 0. The summed E-state index contributed by atoms with van der Waals surface area (Å²) in [5.74, 6) is 0.343. The van der Waals surface area contributed by atoms with E-state index in [-0.39, 0.29) is 23.3 Å². The third-order valence-electron chi connectivity index (χ3n) is 5.63. The molecule has 3 nitrogen and oxygen atoms in total. The second-order valence-electron chi connectivity index (χ2n) is 7.19. The molecule has 2 unspecified atom stereocenters. The van der Waals surface area contributed by atoms with Gasteiger partial charge in [0.05, 0.1) is 0 Å². The Labute approximate surface area is 133 Å². The maximum absolute atomic E-state index is 12.5. The summed E-state index contributed by atoms with van der Waals surface area (Å²) >= 11 is 0. The number of benzene rings is 1. The Balaban J connectivity index is 1.64. The van der Waals surface area contributed by atoms with Crippen molar-refractivity contribution in [3.05, 3.63) is 35.9 Å². The Bertz CT molecular complexity index is 493. The highest BCUT2D eigenvalue weighted by molar-refractivity contribution is 5.79. The number of rotatable bonds is 4. The van der Waals surface area contributed by atoms with Crippen LogP contribution in [0.2, 0.25) is 0 Å². The van der Waals surface area contributed by atoms with Crippen LogP contribution < -0.4 is 11.1 Å². The van der Waals surface area contributed by atoms with Gasteiger partial charge < -0.3 is 11.1 Å². The minimum absolute atomic E-state index is 0.123. The van der Waals surface area contributed by atoms with Gasteiger partial charge in [-0.2, -0.15) is 0 Å². The molecule has 0 aromatic heterocycles. The highest BCUT2D eigenvalue weighted by Crippen LogP contribution is 2.40. The lowest BCUT2D eigenvalue weighted by molar-refractivity contribution is -0.126. The van der Waals surface area contributed by atoms with E-state index in [4.69, 9.17) is 5.73 Å². The maximum atomic E-state index is 12.5. The van der Waals surface area contributed by atoms with E-state index < -0.39 is 0 Å². The van der Waals surface area contributed by atoms with Crippen molar-refractivity contribution in [2.24, 2.45) is 11.7 Å². The zero-order chi connectivity index (χ0) is 15.4. The Morgan fingerprint density at radius 1 is 1.14 bits per heavy atom. The highest BCUT2D eigenvalue weighted by Gasteiger charge is 2.36. The average molecular weight is 300 g/mol. The number of amides is 1. The molecule has 0 spiro atoms. The van der Waals surface area contributed by atoms with Gasteiger partial charge in [-0.25, -0.2) is 0 Å². The first-order valence-electron chi connectivity index (χ1n) is 8.78. The van der Waals surface area contributed by atoms with Gasteiger partial charge in [-0.3, -0.25) is 4.79 Å². The number of nitrogens with two attached hydrogens (primary N) is 1. The van der Waals surface area contributed by atoms with E-state index in [9.17, 15) is 4.79 Å². The molecule has 22 heavy (non-hydrogen) atoms. The summed E-state index contributed by atoms with van der Waals surface area (Å²) in [5.41, 5.74) is 7.55. The number of hydrogen-bond donors (Lipinski definition) is 2. The predicted octanol–water partition coefficient (Wildman–Crippen LogP) is 3.13. The quantitative estimate of drug-likeness (QED) is 0.897. The minimum atomic E-state index is 0.123. The van der Waals surface area contributed by atoms with E-state index in [1.54, 1.807) is 0 Å². The van der Waals surface area contributed by atoms with Crippen LogP contribution in [0.15, 0.2) is 30.3 Å². The molecule has 3 heteroatoms. The second kappa shape index (κ2) is 6.82. The molecular weight excluding hydrogens is 272 g/mol. The largest absolute Gasteiger partial charge is 0.355 e. The van der Waals surface area contributed by atoms with Crippen LogP contribution in [0.1, 0.15) is 56.9 Å². The molecule has 2 aliphatic carbocycles. The van der Waals surface area contributed by atoms with Crippen molar-refractivity contribution in [2.45, 2.75) is 62.8 Å². The van der Waals surface area contributed by atoms with Crippen LogP contribution in [0, 0.1) is 5.92 Å². The van der Waals surface area contributed by atoms with Crippen LogP contribution in [-0.2, 0) is 10.2 Å². The van der Waals surface area contributed by atoms with Gasteiger partial charge in [-0.1, -0.05) is 49.6 Å². The fraction of sp³-hybridized carbons (Fsp3) is 0.632. The summed E-state index contributed by atoms with van der Waals surface area (Å²) in [7, 11) is 0. The average Bonchev–Trinajstić information content (AvgIpc) is 3.04. The minimum Gasteiger partial charge on any atom is -0.355 e. The van der Waals surface area contributed by atoms with Crippen LogP contribution in [0.25, 0.3) is 0 Å². The first-order valence-corrected chi connectivity index (χ1v) is 8.78. The van der Waals surface area contributed by atoms with Crippen molar-refractivity contribution in [3.8, 4) is 0 Å². The monoisotopic (exact) mass is 300 g/mol. The van der Waals surface area contributed by atoms with Crippen LogP contribution in [-0.4, -0.2) is 18.5 Å². The molecule has 0 bridgehead atoms. The zero-order valence-electron chi connectivity index (χ0n) is 13.4. The third kappa shape index (κ3) is 3.35. The molecule has 1 amide bonds. The van der Waals surface area contributed by atoms with E-state index in [1.807, 2.05) is 0 Å². The molecule has 2 saturated carbocycles. The normalized spacial score (nSPS) is 27.5. The fourth-order valence-electron chi connectivity index (χ4n) is 4.28. The van der Waals surface area contributed by atoms with Crippen molar-refractivity contribution in [2.75, 3.05) is 6.54 Å². The van der Waals surface area contributed by atoms with Gasteiger partial charge in [-0.05, 0) is 37.7 Å². The van der Waals surface area contributed by atoms with Gasteiger partial charge in [0.2, 0.25) is 5.91 Å². The molecular formula is C19H28N2O. The summed E-state index contributed by atoms with van der Waals surface area (Å²) in [5, 5.41) is 3.26. The molecule has 3 rings (SSSR count). The van der Waals surface area contributed by atoms with Crippen LogP contribution >= 0.6 is 0 Å². The first-order chi connectivity index (χ1) is 10.7. The van der Waals surface area contributed by atoms with Gasteiger partial charge in [0.15, 0.2) is 0 Å². The van der Waals surface area contributed by atoms with Crippen molar-refractivity contribution in [3.63, 3.8) is 0 Å². The highest BCUT2D eigenvalue weighted by atomic mass is 16.1. The third-order valence-corrected chi connectivity index (χ3v) is 5.63. The molecule has 1 aromatic rings. The number of hydrogen-bond acceptors (Lipinski definition) is 2. The number of nitrogens with one attached hydrogen (secondary N) is 1. The molecule has 0 saturated heterocycles. The van der Waals surface area contributed by atoms with Gasteiger partial charge in [-0.15, -0.1) is 0 Å². The molecule has 2 atom stereocenters. The molecule has 1 aromatic carbocycles. The number of carbonyl (C=O) groups is 1. The molecule has 3 N–H and O–H groups in total. The van der Waals surface area contributed by atoms with E-state index in [1.165, 1.54) is 31.2 Å². The lowest BCUT2D eigenvalue weighted by atomic mass is 9.78. The Morgan fingerprint density at radius 2 is 1.86 bits per heavy atom. The SMILES string of the molecule is NC1CCCC(C(=O)NCC2(c3ccccc3)CCCC2)C1. The van der Waals surface area contributed by atoms with Gasteiger partial charge in [0.25, 0.3) is 0 Å². The summed E-state index contributed by atoms with van der Waals surface area (Å²) in [6.07, 6.45) is 8.89. The fourth-order valence-corrected chi connectivity index (χ4v) is 4.28. The zero-order valence-corrected chi connectivity index (χ0v) is 13.4. The Hall–Kier alpha value is -1.35. The van der Waals surface area contributed by atoms with Gasteiger partial charge in [0.1, 0.15) is 0 Å². The smallest absolute Gasteiger partial charge is 0.223 e. The molecule has 0 heterocycles. The molecule has 0 radical (unpaired) electrons. The van der Waals surface area contributed by atoms with Crippen molar-refractivity contribution in [1.29, 1.82) is 0 Å². The van der Waals surface area contributed by atoms with Crippen molar-refractivity contribution >= 4 is 5.91 Å². The van der Waals surface area contributed by atoms with Crippen molar-refractivity contribution < 1.29 is 4.79 Å². The topological polar surface area (TPSA) is 55.1 Å². The van der Waals surface area contributed by atoms with Gasteiger partial charge >= 0.3 is 0 Å². The lowest BCUT2D eigenvalue weighted by Crippen LogP contribution is -2.43. The first kappa shape index (κ1) is 15.5. The summed E-state index contributed by atoms with van der Waals surface area (Å²) in [4.78, 5) is 12.5. The molecule has 2 fully saturated rings. The Morgan fingerprint density at radius 3 is 2.55 bits per heavy atom. The lowest BCUT2D eigenvalue weighted by Gasteiger charge is -2.32. The number of carbonyl (C=O) groups excluding carboxylic acids is 1. The van der Waals surface area contributed by atoms with E-state index in [0.717, 1.165) is 32.2 Å². The molecule has 120 valence electrons. The molecule has 2 aliphatic rings. The van der Waals surface area contributed by atoms with E-state index >= 15 is 0 Å². The second-order valence-corrected chi connectivity index (χ2v) is 7.19. The van der Waals surface area contributed by atoms with Gasteiger partial charge in [0, 0.05) is 23.9 Å².